The molecule has 0 fully saturated rings. The van der Waals surface area contributed by atoms with Crippen molar-refractivity contribution in [3.05, 3.63) is 35.9 Å². The molecule has 2 N–H and O–H groups in total. The van der Waals surface area contributed by atoms with Gasteiger partial charge >= 0.3 is 0 Å². The Hall–Kier alpha value is -0.510. The third-order valence-corrected chi connectivity index (χ3v) is 4.57. The predicted molar refractivity (Wildman–Crippen MR) is 90.6 cm³/mol. The first-order valence-corrected chi connectivity index (χ1v) is 8.66. The molecule has 0 spiro atoms. The molecule has 0 aliphatic rings. The molecule has 2 unspecified atom stereocenters. The van der Waals surface area contributed by atoms with Gasteiger partial charge in [0.05, 0.1) is 5.60 Å². The Labute approximate surface area is 128 Å². The Balaban J connectivity index is 2.51. The smallest absolute Gasteiger partial charge is 0.0833 e. The molecule has 0 aliphatic heterocycles. The van der Waals surface area contributed by atoms with Gasteiger partial charge in [0.1, 0.15) is 0 Å². The number of rotatable bonds is 8. The van der Waals surface area contributed by atoms with Crippen LogP contribution in [-0.4, -0.2) is 35.3 Å². The van der Waals surface area contributed by atoms with E-state index in [-0.39, 0.29) is 5.41 Å². The van der Waals surface area contributed by atoms with Gasteiger partial charge in [0.25, 0.3) is 0 Å². The van der Waals surface area contributed by atoms with Crippen molar-refractivity contribution in [2.45, 2.75) is 51.2 Å². The first-order valence-electron chi connectivity index (χ1n) is 7.27. The average Bonchev–Trinajstić information content (AvgIpc) is 2.37. The minimum atomic E-state index is -0.634. The van der Waals surface area contributed by atoms with Crippen LogP contribution in [0.1, 0.15) is 39.7 Å². The standard InChI is InChI=1S/C17H29NOS/c1-14(18-12-17(4,19)13-20-5)11-16(2,3)15-9-7-6-8-10-15/h6-10,14,18-19H,11-13H2,1-5H3. The van der Waals surface area contributed by atoms with Crippen LogP contribution in [0.15, 0.2) is 30.3 Å². The Morgan fingerprint density at radius 1 is 1.20 bits per heavy atom. The molecular formula is C17H29NOS. The Morgan fingerprint density at radius 2 is 1.80 bits per heavy atom. The maximum atomic E-state index is 10.2. The largest absolute Gasteiger partial charge is 0.388 e. The summed E-state index contributed by atoms with van der Waals surface area (Å²) in [5.41, 5.74) is 0.869. The molecule has 3 heteroatoms. The Kier molecular flexibility index (Phi) is 6.56. The highest BCUT2D eigenvalue weighted by Gasteiger charge is 2.25. The second-order valence-corrected chi connectivity index (χ2v) is 7.53. The summed E-state index contributed by atoms with van der Waals surface area (Å²) in [6.07, 6.45) is 3.07. The summed E-state index contributed by atoms with van der Waals surface area (Å²) in [5.74, 6) is 0.759. The first-order chi connectivity index (χ1) is 9.27. The molecule has 1 rings (SSSR count). The maximum Gasteiger partial charge on any atom is 0.0833 e. The highest BCUT2D eigenvalue weighted by Crippen LogP contribution is 2.28. The fraction of sp³-hybridized carbons (Fsp3) is 0.647. The summed E-state index contributed by atoms with van der Waals surface area (Å²) in [6, 6.07) is 11.0. The number of nitrogens with one attached hydrogen (secondary N) is 1. The van der Waals surface area contributed by atoms with E-state index in [0.717, 1.165) is 12.2 Å². The van der Waals surface area contributed by atoms with Crippen LogP contribution in [-0.2, 0) is 5.41 Å². The van der Waals surface area contributed by atoms with Gasteiger partial charge in [-0.05, 0) is 37.5 Å². The lowest BCUT2D eigenvalue weighted by molar-refractivity contribution is 0.0808. The summed E-state index contributed by atoms with van der Waals surface area (Å²) < 4.78 is 0. The topological polar surface area (TPSA) is 32.3 Å². The van der Waals surface area contributed by atoms with Gasteiger partial charge in [0.15, 0.2) is 0 Å². The molecule has 0 aromatic heterocycles. The molecule has 0 radical (unpaired) electrons. The minimum Gasteiger partial charge on any atom is -0.388 e. The van der Waals surface area contributed by atoms with Crippen molar-refractivity contribution in [1.82, 2.24) is 5.32 Å². The van der Waals surface area contributed by atoms with Gasteiger partial charge in [-0.1, -0.05) is 44.2 Å². The fourth-order valence-corrected chi connectivity index (χ4v) is 3.32. The zero-order valence-corrected chi connectivity index (χ0v) is 14.3. The van der Waals surface area contributed by atoms with Crippen molar-refractivity contribution in [1.29, 1.82) is 0 Å². The summed E-state index contributed by atoms with van der Waals surface area (Å²) in [6.45, 7) is 9.28. The van der Waals surface area contributed by atoms with Crippen LogP contribution >= 0.6 is 11.8 Å². The van der Waals surface area contributed by atoms with Gasteiger partial charge in [-0.3, -0.25) is 0 Å². The lowest BCUT2D eigenvalue weighted by Crippen LogP contribution is -2.44. The van der Waals surface area contributed by atoms with E-state index in [4.69, 9.17) is 0 Å². The second kappa shape index (κ2) is 7.48. The lowest BCUT2D eigenvalue weighted by atomic mass is 9.79. The van der Waals surface area contributed by atoms with E-state index in [1.807, 2.05) is 13.2 Å². The van der Waals surface area contributed by atoms with E-state index in [2.05, 4.69) is 56.4 Å². The second-order valence-electron chi connectivity index (χ2n) is 6.67. The van der Waals surface area contributed by atoms with Crippen molar-refractivity contribution in [3.63, 3.8) is 0 Å². The monoisotopic (exact) mass is 295 g/mol. The van der Waals surface area contributed by atoms with Crippen molar-refractivity contribution >= 4 is 11.8 Å². The van der Waals surface area contributed by atoms with E-state index < -0.39 is 5.60 Å². The Bertz CT molecular complexity index is 389. The molecule has 20 heavy (non-hydrogen) atoms. The molecule has 0 amide bonds. The van der Waals surface area contributed by atoms with Gasteiger partial charge in [-0.25, -0.2) is 0 Å². The van der Waals surface area contributed by atoms with Gasteiger partial charge in [0, 0.05) is 18.3 Å². The summed E-state index contributed by atoms with van der Waals surface area (Å²) in [7, 11) is 0. The van der Waals surface area contributed by atoms with Crippen LogP contribution < -0.4 is 5.32 Å². The third kappa shape index (κ3) is 5.86. The van der Waals surface area contributed by atoms with Crippen molar-refractivity contribution in [3.8, 4) is 0 Å². The van der Waals surface area contributed by atoms with Crippen molar-refractivity contribution < 1.29 is 5.11 Å². The van der Waals surface area contributed by atoms with Gasteiger partial charge in [-0.2, -0.15) is 11.8 Å². The number of hydrogen-bond donors (Lipinski definition) is 2. The zero-order chi connectivity index (χ0) is 15.2. The third-order valence-electron chi connectivity index (χ3n) is 3.66. The molecule has 114 valence electrons. The fourth-order valence-electron chi connectivity index (χ4n) is 2.60. The molecule has 0 bridgehead atoms. The molecule has 0 saturated heterocycles. The molecular weight excluding hydrogens is 266 g/mol. The molecule has 2 nitrogen and oxygen atoms in total. The van der Waals surface area contributed by atoms with Crippen LogP contribution in [0.25, 0.3) is 0 Å². The van der Waals surface area contributed by atoms with Gasteiger partial charge < -0.3 is 10.4 Å². The first kappa shape index (κ1) is 17.5. The summed E-state index contributed by atoms with van der Waals surface area (Å²) in [5, 5.41) is 13.7. The highest BCUT2D eigenvalue weighted by atomic mass is 32.2. The molecule has 2 atom stereocenters. The van der Waals surface area contributed by atoms with Crippen LogP contribution in [0.5, 0.6) is 0 Å². The number of benzene rings is 1. The summed E-state index contributed by atoms with van der Waals surface area (Å²) in [4.78, 5) is 0. The molecule has 1 aromatic rings. The van der Waals surface area contributed by atoms with E-state index in [1.54, 1.807) is 11.8 Å². The Morgan fingerprint density at radius 3 is 2.35 bits per heavy atom. The quantitative estimate of drug-likeness (QED) is 0.770. The summed E-state index contributed by atoms with van der Waals surface area (Å²) >= 11 is 1.68. The van der Waals surface area contributed by atoms with Crippen molar-refractivity contribution in [2.24, 2.45) is 0 Å². The SMILES string of the molecule is CSCC(C)(O)CNC(C)CC(C)(C)c1ccccc1. The number of hydrogen-bond acceptors (Lipinski definition) is 3. The van der Waals surface area contributed by atoms with Gasteiger partial charge in [-0.15, -0.1) is 0 Å². The zero-order valence-electron chi connectivity index (χ0n) is 13.4. The molecule has 0 saturated carbocycles. The maximum absolute atomic E-state index is 10.2. The molecule has 1 aromatic carbocycles. The van der Waals surface area contributed by atoms with E-state index in [9.17, 15) is 5.11 Å². The van der Waals surface area contributed by atoms with Crippen LogP contribution in [0.2, 0.25) is 0 Å². The lowest BCUT2D eigenvalue weighted by Gasteiger charge is -2.31. The molecule has 0 heterocycles. The average molecular weight is 295 g/mol. The highest BCUT2D eigenvalue weighted by molar-refractivity contribution is 7.98. The normalized spacial score (nSPS) is 16.7. The van der Waals surface area contributed by atoms with E-state index >= 15 is 0 Å². The van der Waals surface area contributed by atoms with Crippen LogP contribution in [0.4, 0.5) is 0 Å². The van der Waals surface area contributed by atoms with Crippen LogP contribution in [0, 0.1) is 0 Å². The minimum absolute atomic E-state index is 0.138. The van der Waals surface area contributed by atoms with Gasteiger partial charge in [0.2, 0.25) is 0 Å². The number of aliphatic hydroxyl groups is 1. The number of thioether (sulfide) groups is 1. The van der Waals surface area contributed by atoms with Crippen LogP contribution in [0.3, 0.4) is 0 Å². The van der Waals surface area contributed by atoms with E-state index in [1.165, 1.54) is 5.56 Å². The van der Waals surface area contributed by atoms with Crippen molar-refractivity contribution in [2.75, 3.05) is 18.6 Å². The predicted octanol–water partition coefficient (Wildman–Crippen LogP) is 3.45. The van der Waals surface area contributed by atoms with E-state index in [0.29, 0.717) is 12.6 Å². The molecule has 0 aliphatic carbocycles.